The van der Waals surface area contributed by atoms with Crippen molar-refractivity contribution in [3.05, 3.63) is 46.5 Å². The zero-order valence-corrected chi connectivity index (χ0v) is 15.1. The zero-order valence-electron chi connectivity index (χ0n) is 14.3. The quantitative estimate of drug-likeness (QED) is 0.818. The molecule has 1 aromatic rings. The molecule has 0 aromatic heterocycles. The molecule has 0 saturated heterocycles. The van der Waals surface area contributed by atoms with Gasteiger partial charge in [0.1, 0.15) is 10.8 Å². The number of allylic oxidation sites excluding steroid dienone is 1. The molecule has 25 heavy (non-hydrogen) atoms. The summed E-state index contributed by atoms with van der Waals surface area (Å²) in [6.07, 6.45) is 1.24. The van der Waals surface area contributed by atoms with E-state index in [1.807, 2.05) is 30.3 Å². The van der Waals surface area contributed by atoms with Gasteiger partial charge in [0, 0.05) is 18.1 Å². The lowest BCUT2D eigenvalue weighted by molar-refractivity contribution is -0.124. The number of carbonyl (C=O) groups excluding carboxylic acids is 1. The van der Waals surface area contributed by atoms with Gasteiger partial charge in [0.05, 0.1) is 29.4 Å². The summed E-state index contributed by atoms with van der Waals surface area (Å²) < 4.78 is 0. The molecule has 0 radical (unpaired) electrons. The predicted octanol–water partition coefficient (Wildman–Crippen LogP) is 4.22. The van der Waals surface area contributed by atoms with Crippen LogP contribution in [0.25, 0.3) is 0 Å². The van der Waals surface area contributed by atoms with Gasteiger partial charge in [-0.25, -0.2) is 4.99 Å². The van der Waals surface area contributed by atoms with E-state index < -0.39 is 0 Å². The molecule has 5 heteroatoms. The molecule has 2 aliphatic rings. The Hall–Kier alpha value is -2.37. The number of nitrogens with zero attached hydrogens (tertiary/aromatic N) is 3. The number of fused-ring (bicyclic) bond motifs is 1. The molecule has 0 amide bonds. The molecular weight excluding hydrogens is 330 g/mol. The minimum atomic E-state index is -0.364. The third-order valence-electron chi connectivity index (χ3n) is 4.69. The Labute approximate surface area is 152 Å². The van der Waals surface area contributed by atoms with Gasteiger partial charge in [0.15, 0.2) is 0 Å². The summed E-state index contributed by atoms with van der Waals surface area (Å²) in [4.78, 5) is 17.6. The minimum Gasteiger partial charge on any atom is -0.299 e. The van der Waals surface area contributed by atoms with Crippen LogP contribution in [-0.2, 0) is 4.79 Å². The van der Waals surface area contributed by atoms with Crippen LogP contribution in [-0.4, -0.2) is 17.2 Å². The molecular formula is C20H19N3OS. The predicted molar refractivity (Wildman–Crippen MR) is 98.8 cm³/mol. The van der Waals surface area contributed by atoms with Crippen LogP contribution < -0.4 is 0 Å². The summed E-state index contributed by atoms with van der Waals surface area (Å²) in [7, 11) is 0. The monoisotopic (exact) mass is 349 g/mol. The normalized spacial score (nSPS) is 24.8. The molecule has 2 atom stereocenters. The second-order valence-electron chi connectivity index (χ2n) is 7.23. The summed E-state index contributed by atoms with van der Waals surface area (Å²) in [5.74, 6) is -0.276. The SMILES string of the molecule is CC1(C)CC(=O)C2C(=NC(SCC#N)=C(C#N)[C@H]2c2ccccc2)C1. The number of nitriles is 2. The van der Waals surface area contributed by atoms with Gasteiger partial charge in [-0.3, -0.25) is 4.79 Å². The second kappa shape index (κ2) is 6.86. The van der Waals surface area contributed by atoms with Crippen molar-refractivity contribution in [3.63, 3.8) is 0 Å². The highest BCUT2D eigenvalue weighted by Crippen LogP contribution is 2.48. The highest BCUT2D eigenvalue weighted by atomic mass is 32.2. The first-order valence-electron chi connectivity index (χ1n) is 8.26. The second-order valence-corrected chi connectivity index (χ2v) is 8.19. The van der Waals surface area contributed by atoms with Crippen LogP contribution in [0, 0.1) is 34.0 Å². The van der Waals surface area contributed by atoms with Gasteiger partial charge < -0.3 is 0 Å². The fraction of sp³-hybridized carbons (Fsp3) is 0.400. The molecule has 0 N–H and O–H groups in total. The van der Waals surface area contributed by atoms with Crippen LogP contribution in [0.4, 0.5) is 0 Å². The third kappa shape index (κ3) is 3.38. The Kier molecular flexibility index (Phi) is 4.79. The number of hydrogen-bond donors (Lipinski definition) is 0. The van der Waals surface area contributed by atoms with Crippen molar-refractivity contribution in [3.8, 4) is 12.1 Å². The van der Waals surface area contributed by atoms with Gasteiger partial charge in [-0.15, -0.1) is 0 Å². The molecule has 4 nitrogen and oxygen atoms in total. The van der Waals surface area contributed by atoms with Crippen LogP contribution in [0.2, 0.25) is 0 Å². The van der Waals surface area contributed by atoms with Crippen LogP contribution in [0.5, 0.6) is 0 Å². The van der Waals surface area contributed by atoms with E-state index in [1.54, 1.807) is 0 Å². The van der Waals surface area contributed by atoms with E-state index in [9.17, 15) is 10.1 Å². The maximum absolute atomic E-state index is 12.9. The van der Waals surface area contributed by atoms with Gasteiger partial charge in [0.2, 0.25) is 0 Å². The molecule has 1 fully saturated rings. The number of aliphatic imine (C=N–C) groups is 1. The van der Waals surface area contributed by atoms with Gasteiger partial charge in [-0.05, 0) is 17.4 Å². The van der Waals surface area contributed by atoms with E-state index >= 15 is 0 Å². The number of ketones is 1. The Bertz CT molecular complexity index is 840. The van der Waals surface area contributed by atoms with E-state index in [0.717, 1.165) is 17.7 Å². The summed E-state index contributed by atoms with van der Waals surface area (Å²) in [5.41, 5.74) is 2.20. The van der Waals surface area contributed by atoms with Gasteiger partial charge in [-0.1, -0.05) is 55.9 Å². The van der Waals surface area contributed by atoms with E-state index in [1.165, 1.54) is 11.8 Å². The lowest BCUT2D eigenvalue weighted by Gasteiger charge is -2.40. The summed E-state index contributed by atoms with van der Waals surface area (Å²) in [6.45, 7) is 4.15. The maximum Gasteiger partial charge on any atom is 0.143 e. The fourth-order valence-corrected chi connectivity index (χ4v) is 4.47. The molecule has 1 unspecified atom stereocenters. The first-order valence-corrected chi connectivity index (χ1v) is 9.24. The molecule has 0 bridgehead atoms. The van der Waals surface area contributed by atoms with E-state index in [0.29, 0.717) is 17.0 Å². The first kappa shape index (κ1) is 17.5. The van der Waals surface area contributed by atoms with Crippen molar-refractivity contribution in [2.45, 2.75) is 32.6 Å². The van der Waals surface area contributed by atoms with Crippen molar-refractivity contribution >= 4 is 23.3 Å². The van der Waals surface area contributed by atoms with Crippen LogP contribution >= 0.6 is 11.8 Å². The van der Waals surface area contributed by atoms with Crippen molar-refractivity contribution in [1.29, 1.82) is 10.5 Å². The Morgan fingerprint density at radius 2 is 1.92 bits per heavy atom. The zero-order chi connectivity index (χ0) is 18.0. The van der Waals surface area contributed by atoms with Crippen molar-refractivity contribution in [2.75, 3.05) is 5.75 Å². The molecule has 1 aliphatic carbocycles. The lowest BCUT2D eigenvalue weighted by atomic mass is 9.64. The third-order valence-corrected chi connectivity index (χ3v) is 5.55. The van der Waals surface area contributed by atoms with Crippen LogP contribution in [0.3, 0.4) is 0 Å². The molecule has 0 spiro atoms. The van der Waals surface area contributed by atoms with Crippen molar-refractivity contribution in [1.82, 2.24) is 0 Å². The number of thioether (sulfide) groups is 1. The standard InChI is InChI=1S/C20H19N3OS/c1-20(2)10-15-18(16(24)11-20)17(13-6-4-3-5-7-13)14(12-22)19(23-15)25-9-8-21/h3-7,17-18H,9-11H2,1-2H3/t17-,18?/m1/s1. The molecule has 126 valence electrons. The Morgan fingerprint density at radius 1 is 1.20 bits per heavy atom. The highest BCUT2D eigenvalue weighted by Gasteiger charge is 2.46. The number of rotatable bonds is 3. The maximum atomic E-state index is 12.9. The van der Waals surface area contributed by atoms with E-state index in [4.69, 9.17) is 5.26 Å². The number of Topliss-reactive ketones (excluding diaryl/α,β-unsaturated/α-hetero) is 1. The average Bonchev–Trinajstić information content (AvgIpc) is 2.58. The highest BCUT2D eigenvalue weighted by molar-refractivity contribution is 8.03. The molecule has 1 aliphatic heterocycles. The minimum absolute atomic E-state index is 0.122. The topological polar surface area (TPSA) is 77.0 Å². The molecule has 1 aromatic carbocycles. The van der Waals surface area contributed by atoms with Crippen LogP contribution in [0.15, 0.2) is 45.9 Å². The van der Waals surface area contributed by atoms with Gasteiger partial charge in [-0.2, -0.15) is 10.5 Å². The fourth-order valence-electron chi connectivity index (χ4n) is 3.76. The summed E-state index contributed by atoms with van der Waals surface area (Å²) in [6, 6.07) is 14.1. The number of benzene rings is 1. The first-order chi connectivity index (χ1) is 12.0. The Balaban J connectivity index is 2.15. The largest absolute Gasteiger partial charge is 0.299 e. The van der Waals surface area contributed by atoms with Crippen LogP contribution in [0.1, 0.15) is 38.2 Å². The lowest BCUT2D eigenvalue weighted by Crippen LogP contribution is -2.42. The Morgan fingerprint density at radius 3 is 2.56 bits per heavy atom. The van der Waals surface area contributed by atoms with Crippen molar-refractivity contribution < 1.29 is 4.79 Å². The van der Waals surface area contributed by atoms with Crippen molar-refractivity contribution in [2.24, 2.45) is 16.3 Å². The number of carbonyl (C=O) groups is 1. The molecule has 1 heterocycles. The summed E-state index contributed by atoms with van der Waals surface area (Å²) in [5, 5.41) is 19.3. The van der Waals surface area contributed by atoms with Gasteiger partial charge in [0.25, 0.3) is 0 Å². The number of hydrogen-bond acceptors (Lipinski definition) is 5. The smallest absolute Gasteiger partial charge is 0.143 e. The molecule has 3 rings (SSSR count). The summed E-state index contributed by atoms with van der Waals surface area (Å²) >= 11 is 1.28. The van der Waals surface area contributed by atoms with E-state index in [-0.39, 0.29) is 28.8 Å². The van der Waals surface area contributed by atoms with E-state index in [2.05, 4.69) is 31.0 Å². The molecule has 1 saturated carbocycles. The van der Waals surface area contributed by atoms with Gasteiger partial charge >= 0.3 is 0 Å². The average molecular weight is 349 g/mol.